The molecule has 1 aliphatic carbocycles. The zero-order chi connectivity index (χ0) is 17.6. The molecule has 0 aromatic heterocycles. The summed E-state index contributed by atoms with van der Waals surface area (Å²) in [6.07, 6.45) is 0.476. The molecule has 7 nitrogen and oxygen atoms in total. The lowest BCUT2D eigenvalue weighted by Crippen LogP contribution is -2.74. The van der Waals surface area contributed by atoms with Gasteiger partial charge in [0.25, 0.3) is 0 Å². The normalized spacial score (nSPS) is 34.3. The number of nitrogens with two attached hydrogens (primary N) is 1. The molecule has 7 heteroatoms. The number of amides is 3. The summed E-state index contributed by atoms with van der Waals surface area (Å²) in [7, 11) is 0. The summed E-state index contributed by atoms with van der Waals surface area (Å²) in [6, 6.07) is 11.2. The van der Waals surface area contributed by atoms with Crippen molar-refractivity contribution in [3.63, 3.8) is 0 Å². The molecular formula is C18H18N4O3. The predicted molar refractivity (Wildman–Crippen MR) is 87.8 cm³/mol. The van der Waals surface area contributed by atoms with Crippen LogP contribution < -0.4 is 16.4 Å². The Kier molecular flexibility index (Phi) is 3.51. The SMILES string of the molecule is N#CC1=C(N)[C@@H]2C(=O)NC(=O)N[C@@]23CCOC[C@@H]3[C@H]1c1ccccc1. The minimum atomic E-state index is -0.831. The van der Waals surface area contributed by atoms with Gasteiger partial charge in [0, 0.05) is 24.1 Å². The van der Waals surface area contributed by atoms with Crippen LogP contribution >= 0.6 is 0 Å². The molecule has 2 fully saturated rings. The van der Waals surface area contributed by atoms with Crippen LogP contribution in [-0.2, 0) is 9.53 Å². The van der Waals surface area contributed by atoms with Gasteiger partial charge in [-0.25, -0.2) is 4.79 Å². The number of carbonyl (C=O) groups excluding carboxylic acids is 2. The van der Waals surface area contributed by atoms with Crippen LogP contribution in [-0.4, -0.2) is 30.7 Å². The molecule has 4 atom stereocenters. The third kappa shape index (κ3) is 2.14. The lowest BCUT2D eigenvalue weighted by atomic mass is 9.57. The van der Waals surface area contributed by atoms with E-state index in [1.165, 1.54) is 0 Å². The summed E-state index contributed by atoms with van der Waals surface area (Å²) in [4.78, 5) is 24.6. The highest BCUT2D eigenvalue weighted by Gasteiger charge is 2.61. The first-order chi connectivity index (χ1) is 12.1. The van der Waals surface area contributed by atoms with Crippen LogP contribution in [0, 0.1) is 23.2 Å². The Morgan fingerprint density at radius 1 is 1.28 bits per heavy atom. The van der Waals surface area contributed by atoms with Gasteiger partial charge in [-0.05, 0) is 12.0 Å². The van der Waals surface area contributed by atoms with Gasteiger partial charge in [0.2, 0.25) is 5.91 Å². The zero-order valence-electron chi connectivity index (χ0n) is 13.5. The Morgan fingerprint density at radius 2 is 2.04 bits per heavy atom. The lowest BCUT2D eigenvalue weighted by molar-refractivity contribution is -0.132. The Balaban J connectivity index is 1.95. The Labute approximate surface area is 144 Å². The van der Waals surface area contributed by atoms with E-state index in [0.717, 1.165) is 5.56 Å². The molecule has 1 aromatic carbocycles. The third-order valence-electron chi connectivity index (χ3n) is 5.59. The van der Waals surface area contributed by atoms with Crippen molar-refractivity contribution in [3.8, 4) is 6.07 Å². The van der Waals surface area contributed by atoms with Crippen molar-refractivity contribution in [2.45, 2.75) is 17.9 Å². The number of rotatable bonds is 1. The summed E-state index contributed by atoms with van der Waals surface area (Å²) in [5.74, 6) is -1.78. The van der Waals surface area contributed by atoms with E-state index in [-0.39, 0.29) is 17.5 Å². The number of benzene rings is 1. The molecule has 4 N–H and O–H groups in total. The highest BCUT2D eigenvalue weighted by Crippen LogP contribution is 2.52. The monoisotopic (exact) mass is 338 g/mol. The van der Waals surface area contributed by atoms with Gasteiger partial charge < -0.3 is 15.8 Å². The fraction of sp³-hybridized carbons (Fsp3) is 0.389. The van der Waals surface area contributed by atoms with Gasteiger partial charge in [0.05, 0.1) is 23.8 Å². The molecule has 0 radical (unpaired) electrons. The van der Waals surface area contributed by atoms with Crippen molar-refractivity contribution >= 4 is 11.9 Å². The molecule has 1 spiro atoms. The van der Waals surface area contributed by atoms with E-state index in [1.807, 2.05) is 30.3 Å². The zero-order valence-corrected chi connectivity index (χ0v) is 13.5. The number of imide groups is 1. The number of nitriles is 1. The summed E-state index contributed by atoms with van der Waals surface area (Å²) in [5, 5.41) is 15.0. The minimum Gasteiger partial charge on any atom is -0.400 e. The minimum absolute atomic E-state index is 0.243. The lowest BCUT2D eigenvalue weighted by Gasteiger charge is -2.55. The number of allylic oxidation sites excluding steroid dienone is 1. The number of carbonyl (C=O) groups is 2. The van der Waals surface area contributed by atoms with Gasteiger partial charge >= 0.3 is 6.03 Å². The number of ether oxygens (including phenoxy) is 1. The average Bonchev–Trinajstić information content (AvgIpc) is 2.60. The summed E-state index contributed by atoms with van der Waals surface area (Å²) in [5.41, 5.74) is 7.03. The first-order valence-electron chi connectivity index (χ1n) is 8.24. The van der Waals surface area contributed by atoms with Crippen LogP contribution in [0.5, 0.6) is 0 Å². The van der Waals surface area contributed by atoms with Crippen LogP contribution in [0.1, 0.15) is 17.9 Å². The van der Waals surface area contributed by atoms with Crippen LogP contribution in [0.3, 0.4) is 0 Å². The Hall–Kier alpha value is -2.85. The second kappa shape index (κ2) is 5.60. The van der Waals surface area contributed by atoms with Gasteiger partial charge in [-0.2, -0.15) is 5.26 Å². The molecule has 2 aliphatic heterocycles. The maximum atomic E-state index is 12.6. The fourth-order valence-corrected chi connectivity index (χ4v) is 4.57. The summed E-state index contributed by atoms with van der Waals surface area (Å²) >= 11 is 0. The highest BCUT2D eigenvalue weighted by atomic mass is 16.5. The van der Waals surface area contributed by atoms with E-state index < -0.39 is 23.4 Å². The third-order valence-corrected chi connectivity index (χ3v) is 5.59. The van der Waals surface area contributed by atoms with Crippen molar-refractivity contribution in [2.24, 2.45) is 17.6 Å². The molecule has 3 aliphatic rings. The number of urea groups is 1. The number of nitrogens with zero attached hydrogens (tertiary/aromatic N) is 1. The Morgan fingerprint density at radius 3 is 2.76 bits per heavy atom. The molecule has 4 rings (SSSR count). The van der Waals surface area contributed by atoms with E-state index in [2.05, 4.69) is 16.7 Å². The molecule has 0 saturated carbocycles. The van der Waals surface area contributed by atoms with E-state index in [4.69, 9.17) is 10.5 Å². The van der Waals surface area contributed by atoms with Crippen molar-refractivity contribution in [2.75, 3.05) is 13.2 Å². The smallest absolute Gasteiger partial charge is 0.321 e. The standard InChI is InChI=1S/C18H18N4O3/c19-8-11-13(10-4-2-1-3-5-10)12-9-25-7-6-18(12)14(15(11)20)16(23)21-17(24)22-18/h1-5,12-14H,6-7,9,20H2,(H2,21,22,23,24)/t12-,13+,14-,18-/m1/s1. The van der Waals surface area contributed by atoms with E-state index in [9.17, 15) is 14.9 Å². The van der Waals surface area contributed by atoms with Crippen molar-refractivity contribution < 1.29 is 14.3 Å². The van der Waals surface area contributed by atoms with Gasteiger partial charge in [-0.1, -0.05) is 30.3 Å². The largest absolute Gasteiger partial charge is 0.400 e. The Bertz CT molecular complexity index is 813. The fourth-order valence-electron chi connectivity index (χ4n) is 4.57. The molecule has 1 aromatic rings. The maximum Gasteiger partial charge on any atom is 0.321 e. The van der Waals surface area contributed by atoms with Crippen LogP contribution in [0.2, 0.25) is 0 Å². The van der Waals surface area contributed by atoms with E-state index in [0.29, 0.717) is 25.2 Å². The first kappa shape index (κ1) is 15.7. The second-order valence-corrected chi connectivity index (χ2v) is 6.72. The number of hydrogen-bond acceptors (Lipinski definition) is 5. The quantitative estimate of drug-likeness (QED) is 0.698. The van der Waals surface area contributed by atoms with Crippen molar-refractivity contribution in [3.05, 3.63) is 47.2 Å². The molecule has 0 bridgehead atoms. The summed E-state index contributed by atoms with van der Waals surface area (Å²) < 4.78 is 5.68. The molecule has 2 heterocycles. The van der Waals surface area contributed by atoms with Gasteiger partial charge in [-0.3, -0.25) is 10.1 Å². The van der Waals surface area contributed by atoms with Crippen LogP contribution in [0.15, 0.2) is 41.6 Å². The van der Waals surface area contributed by atoms with E-state index in [1.54, 1.807) is 0 Å². The van der Waals surface area contributed by atoms with Crippen molar-refractivity contribution in [1.82, 2.24) is 10.6 Å². The first-order valence-corrected chi connectivity index (χ1v) is 8.24. The van der Waals surface area contributed by atoms with E-state index >= 15 is 0 Å². The molecule has 25 heavy (non-hydrogen) atoms. The highest BCUT2D eigenvalue weighted by molar-refractivity contribution is 6.01. The number of hydrogen-bond donors (Lipinski definition) is 3. The molecular weight excluding hydrogens is 320 g/mol. The predicted octanol–water partition coefficient (Wildman–Crippen LogP) is 0.751. The number of nitrogens with one attached hydrogen (secondary N) is 2. The van der Waals surface area contributed by atoms with Gasteiger partial charge in [-0.15, -0.1) is 0 Å². The summed E-state index contributed by atoms with van der Waals surface area (Å²) in [6.45, 7) is 0.777. The second-order valence-electron chi connectivity index (χ2n) is 6.72. The van der Waals surface area contributed by atoms with Gasteiger partial charge in [0.15, 0.2) is 0 Å². The maximum absolute atomic E-state index is 12.6. The van der Waals surface area contributed by atoms with Crippen LogP contribution in [0.25, 0.3) is 0 Å². The average molecular weight is 338 g/mol. The van der Waals surface area contributed by atoms with Crippen molar-refractivity contribution in [1.29, 1.82) is 5.26 Å². The van der Waals surface area contributed by atoms with Gasteiger partial charge in [0.1, 0.15) is 5.92 Å². The van der Waals surface area contributed by atoms with Crippen LogP contribution in [0.4, 0.5) is 4.79 Å². The molecule has 2 saturated heterocycles. The topological polar surface area (TPSA) is 117 Å². The molecule has 128 valence electrons. The molecule has 0 unspecified atom stereocenters. The molecule has 3 amide bonds.